The van der Waals surface area contributed by atoms with Gasteiger partial charge < -0.3 is 10.1 Å². The minimum absolute atomic E-state index is 0.669. The van der Waals surface area contributed by atoms with E-state index in [1.54, 1.807) is 0 Å². The van der Waals surface area contributed by atoms with E-state index in [-0.39, 0.29) is 0 Å². The van der Waals surface area contributed by atoms with Gasteiger partial charge in [0.15, 0.2) is 0 Å². The Bertz CT molecular complexity index is 302. The van der Waals surface area contributed by atoms with Gasteiger partial charge in [-0.3, -0.25) is 0 Å². The van der Waals surface area contributed by atoms with Crippen LogP contribution in [0.1, 0.15) is 39.5 Å². The van der Waals surface area contributed by atoms with Crippen molar-refractivity contribution in [3.63, 3.8) is 0 Å². The van der Waals surface area contributed by atoms with Gasteiger partial charge in [-0.2, -0.15) is 0 Å². The number of ether oxygens (including phenoxy) is 1. The summed E-state index contributed by atoms with van der Waals surface area (Å²) in [4.78, 5) is 0. The molecule has 2 atom stereocenters. The molecule has 2 aliphatic rings. The molecule has 102 valence electrons. The lowest BCUT2D eigenvalue weighted by atomic mass is 9.73. The van der Waals surface area contributed by atoms with Crippen molar-refractivity contribution in [2.45, 2.75) is 39.5 Å². The summed E-state index contributed by atoms with van der Waals surface area (Å²) >= 11 is 0. The molecule has 2 rings (SSSR count). The zero-order chi connectivity index (χ0) is 12.8. The van der Waals surface area contributed by atoms with Gasteiger partial charge in [0.25, 0.3) is 0 Å². The summed E-state index contributed by atoms with van der Waals surface area (Å²) in [5.74, 6) is 3.44. The highest BCUT2D eigenvalue weighted by Gasteiger charge is 2.31. The molecule has 0 spiro atoms. The van der Waals surface area contributed by atoms with Gasteiger partial charge in [0.05, 0.1) is 12.4 Å². The van der Waals surface area contributed by atoms with Gasteiger partial charge in [-0.05, 0) is 63.6 Å². The zero-order valence-corrected chi connectivity index (χ0v) is 11.8. The topological polar surface area (TPSA) is 21.3 Å². The second kappa shape index (κ2) is 6.98. The Balaban J connectivity index is 1.84. The molecule has 2 fully saturated rings. The maximum atomic E-state index is 6.14. The third kappa shape index (κ3) is 3.61. The van der Waals surface area contributed by atoms with Gasteiger partial charge in [0.2, 0.25) is 0 Å². The SMILES string of the molecule is C/C=C\C=C(\OCC1CCNCC1)C1CCC1C. The van der Waals surface area contributed by atoms with Crippen molar-refractivity contribution in [2.75, 3.05) is 19.7 Å². The average Bonchev–Trinajstić information content (AvgIpc) is 2.41. The molecule has 1 N–H and O–H groups in total. The largest absolute Gasteiger partial charge is 0.497 e. The van der Waals surface area contributed by atoms with Gasteiger partial charge in [-0.15, -0.1) is 0 Å². The molecule has 2 unspecified atom stereocenters. The highest BCUT2D eigenvalue weighted by Crippen LogP contribution is 2.39. The Morgan fingerprint density at radius 3 is 2.56 bits per heavy atom. The Labute approximate surface area is 111 Å². The van der Waals surface area contributed by atoms with E-state index in [2.05, 4.69) is 37.4 Å². The van der Waals surface area contributed by atoms with Crippen LogP contribution in [0.2, 0.25) is 0 Å². The molecule has 1 aliphatic carbocycles. The van der Waals surface area contributed by atoms with Crippen molar-refractivity contribution in [1.29, 1.82) is 0 Å². The molecule has 1 saturated carbocycles. The molecular formula is C16H27NO. The molecule has 1 heterocycles. The highest BCUT2D eigenvalue weighted by atomic mass is 16.5. The monoisotopic (exact) mass is 249 g/mol. The third-order valence-corrected chi connectivity index (χ3v) is 4.38. The number of rotatable bonds is 5. The maximum absolute atomic E-state index is 6.14. The lowest BCUT2D eigenvalue weighted by Crippen LogP contribution is -2.31. The number of hydrogen-bond donors (Lipinski definition) is 1. The molecule has 0 bridgehead atoms. The molecular weight excluding hydrogens is 222 g/mol. The van der Waals surface area contributed by atoms with E-state index in [9.17, 15) is 0 Å². The van der Waals surface area contributed by atoms with Crippen molar-refractivity contribution in [3.8, 4) is 0 Å². The first-order valence-electron chi connectivity index (χ1n) is 7.47. The number of hydrogen-bond acceptors (Lipinski definition) is 2. The van der Waals surface area contributed by atoms with Crippen molar-refractivity contribution >= 4 is 0 Å². The van der Waals surface area contributed by atoms with Crippen molar-refractivity contribution < 1.29 is 4.74 Å². The summed E-state index contributed by atoms with van der Waals surface area (Å²) in [7, 11) is 0. The van der Waals surface area contributed by atoms with Gasteiger partial charge >= 0.3 is 0 Å². The van der Waals surface area contributed by atoms with Crippen LogP contribution in [-0.2, 0) is 4.74 Å². The average molecular weight is 249 g/mol. The summed E-state index contributed by atoms with van der Waals surface area (Å²) in [6.45, 7) is 7.62. The fourth-order valence-corrected chi connectivity index (χ4v) is 2.82. The smallest absolute Gasteiger partial charge is 0.0993 e. The van der Waals surface area contributed by atoms with Crippen LogP contribution in [0, 0.1) is 17.8 Å². The fourth-order valence-electron chi connectivity index (χ4n) is 2.82. The van der Waals surface area contributed by atoms with Crippen LogP contribution in [-0.4, -0.2) is 19.7 Å². The molecule has 1 saturated heterocycles. The quantitative estimate of drug-likeness (QED) is 0.594. The lowest BCUT2D eigenvalue weighted by Gasteiger charge is -2.36. The number of piperidine rings is 1. The molecule has 0 aromatic carbocycles. The Hall–Kier alpha value is -0.760. The second-order valence-corrected chi connectivity index (χ2v) is 5.76. The first kappa shape index (κ1) is 13.7. The van der Waals surface area contributed by atoms with Crippen LogP contribution in [0.5, 0.6) is 0 Å². The van der Waals surface area contributed by atoms with Gasteiger partial charge in [0, 0.05) is 5.92 Å². The van der Waals surface area contributed by atoms with Crippen molar-refractivity contribution in [2.24, 2.45) is 17.8 Å². The van der Waals surface area contributed by atoms with Crippen molar-refractivity contribution in [3.05, 3.63) is 24.0 Å². The lowest BCUT2D eigenvalue weighted by molar-refractivity contribution is 0.0798. The van der Waals surface area contributed by atoms with Gasteiger partial charge in [-0.1, -0.05) is 19.1 Å². The van der Waals surface area contributed by atoms with Crippen LogP contribution in [0.15, 0.2) is 24.0 Å². The van der Waals surface area contributed by atoms with Crippen molar-refractivity contribution in [1.82, 2.24) is 5.32 Å². The summed E-state index contributed by atoms with van der Waals surface area (Å²) in [6, 6.07) is 0. The van der Waals surface area contributed by atoms with Gasteiger partial charge in [-0.25, -0.2) is 0 Å². The van der Waals surface area contributed by atoms with Crippen LogP contribution in [0.3, 0.4) is 0 Å². The first-order chi connectivity index (χ1) is 8.81. The third-order valence-electron chi connectivity index (χ3n) is 4.38. The van der Waals surface area contributed by atoms with Crippen LogP contribution >= 0.6 is 0 Å². The Morgan fingerprint density at radius 2 is 2.00 bits per heavy atom. The molecule has 0 radical (unpaired) electrons. The summed E-state index contributed by atoms with van der Waals surface area (Å²) in [6.07, 6.45) is 11.6. The van der Waals surface area contributed by atoms with Crippen LogP contribution in [0.4, 0.5) is 0 Å². The van der Waals surface area contributed by atoms with E-state index in [0.29, 0.717) is 5.92 Å². The van der Waals surface area contributed by atoms with E-state index in [4.69, 9.17) is 4.74 Å². The van der Waals surface area contributed by atoms with Gasteiger partial charge in [0.1, 0.15) is 0 Å². The summed E-state index contributed by atoms with van der Waals surface area (Å²) < 4.78 is 6.14. The Morgan fingerprint density at radius 1 is 1.22 bits per heavy atom. The second-order valence-electron chi connectivity index (χ2n) is 5.76. The predicted octanol–water partition coefficient (Wildman–Crippen LogP) is 3.51. The molecule has 18 heavy (non-hydrogen) atoms. The van der Waals surface area contributed by atoms with E-state index < -0.39 is 0 Å². The molecule has 0 aromatic heterocycles. The minimum atomic E-state index is 0.669. The molecule has 1 aliphatic heterocycles. The number of nitrogens with one attached hydrogen (secondary N) is 1. The predicted molar refractivity (Wildman–Crippen MR) is 76.3 cm³/mol. The summed E-state index contributed by atoms with van der Waals surface area (Å²) in [5.41, 5.74) is 0. The highest BCUT2D eigenvalue weighted by molar-refractivity contribution is 5.12. The van der Waals surface area contributed by atoms with E-state index in [0.717, 1.165) is 31.5 Å². The van der Waals surface area contributed by atoms with E-state index in [1.165, 1.54) is 31.4 Å². The van der Waals surface area contributed by atoms with Crippen LogP contribution < -0.4 is 5.32 Å². The maximum Gasteiger partial charge on any atom is 0.0993 e. The minimum Gasteiger partial charge on any atom is -0.497 e. The molecule has 0 aromatic rings. The fraction of sp³-hybridized carbons (Fsp3) is 0.750. The normalized spacial score (nSPS) is 30.4. The molecule has 2 heteroatoms. The van der Waals surface area contributed by atoms with E-state index in [1.807, 2.05) is 0 Å². The molecule has 0 amide bonds. The number of allylic oxidation sites excluding steroid dienone is 4. The standard InChI is InChI=1S/C16H27NO/c1-3-4-5-16(15-7-6-13(15)2)18-12-14-8-10-17-11-9-14/h3-5,13-15,17H,6-12H2,1-2H3/b4-3-,16-5+. The Kier molecular flexibility index (Phi) is 5.30. The first-order valence-corrected chi connectivity index (χ1v) is 7.47. The summed E-state index contributed by atoms with van der Waals surface area (Å²) in [5, 5.41) is 3.41. The van der Waals surface area contributed by atoms with E-state index >= 15 is 0 Å². The zero-order valence-electron chi connectivity index (χ0n) is 11.8. The van der Waals surface area contributed by atoms with Crippen LogP contribution in [0.25, 0.3) is 0 Å². The molecule has 2 nitrogen and oxygen atoms in total.